The highest BCUT2D eigenvalue weighted by atomic mass is 32.2. The lowest BCUT2D eigenvalue weighted by Gasteiger charge is -2.26. The Balaban J connectivity index is 1.71. The van der Waals surface area contributed by atoms with Gasteiger partial charge in [0.25, 0.3) is 0 Å². The van der Waals surface area contributed by atoms with Gasteiger partial charge in [0.15, 0.2) is 0 Å². The maximum Gasteiger partial charge on any atom is 0.0417 e. The molecule has 0 fully saturated rings. The second-order valence-electron chi connectivity index (χ2n) is 4.87. The Hall–Kier alpha value is -0.770. The smallest absolute Gasteiger partial charge is 0.0417 e. The summed E-state index contributed by atoms with van der Waals surface area (Å²) in [5, 5.41) is 5.95. The highest BCUT2D eigenvalue weighted by molar-refractivity contribution is 7.98. The Bertz CT molecular complexity index is 547. The number of rotatable bonds is 4. The Morgan fingerprint density at radius 3 is 3.05 bits per heavy atom. The van der Waals surface area contributed by atoms with Gasteiger partial charge in [0.1, 0.15) is 0 Å². The third-order valence-corrected chi connectivity index (χ3v) is 5.75. The van der Waals surface area contributed by atoms with E-state index in [1.54, 1.807) is 0 Å². The number of hydrogen-bond acceptors (Lipinski definition) is 3. The van der Waals surface area contributed by atoms with Crippen molar-refractivity contribution in [3.05, 3.63) is 57.3 Å². The topological polar surface area (TPSA) is 12.0 Å². The summed E-state index contributed by atoms with van der Waals surface area (Å²) in [7, 11) is 0. The first-order valence-electron chi connectivity index (χ1n) is 6.82. The summed E-state index contributed by atoms with van der Waals surface area (Å²) in [5.74, 6) is 2.34. The highest BCUT2D eigenvalue weighted by Crippen LogP contribution is 2.32. The fraction of sp³-hybridized carbons (Fsp3) is 0.375. The lowest BCUT2D eigenvalue weighted by molar-refractivity contribution is 0.577. The molecule has 0 aliphatic carbocycles. The van der Waals surface area contributed by atoms with Gasteiger partial charge < -0.3 is 5.32 Å². The molecule has 0 bridgehead atoms. The summed E-state index contributed by atoms with van der Waals surface area (Å²) in [6.07, 6.45) is 1.14. The third-order valence-electron chi connectivity index (χ3n) is 3.70. The van der Waals surface area contributed by atoms with Crippen molar-refractivity contribution < 1.29 is 0 Å². The summed E-state index contributed by atoms with van der Waals surface area (Å²) in [5.41, 5.74) is 4.49. The van der Waals surface area contributed by atoms with Gasteiger partial charge in [-0.05, 0) is 34.6 Å². The van der Waals surface area contributed by atoms with Crippen molar-refractivity contribution in [2.75, 3.05) is 5.75 Å². The van der Waals surface area contributed by atoms with Crippen LogP contribution in [0.3, 0.4) is 0 Å². The van der Waals surface area contributed by atoms with E-state index in [0.717, 1.165) is 18.7 Å². The molecule has 0 spiro atoms. The first-order valence-corrected chi connectivity index (χ1v) is 8.86. The van der Waals surface area contributed by atoms with E-state index in [9.17, 15) is 0 Å². The molecular formula is C16H19NS2. The van der Waals surface area contributed by atoms with E-state index in [0.29, 0.717) is 6.04 Å². The maximum atomic E-state index is 3.74. The molecule has 1 aliphatic rings. The molecule has 0 radical (unpaired) electrons. The summed E-state index contributed by atoms with van der Waals surface area (Å²) < 4.78 is 0. The highest BCUT2D eigenvalue weighted by Gasteiger charge is 2.19. The number of hydrogen-bond donors (Lipinski definition) is 1. The molecule has 100 valence electrons. The predicted octanol–water partition coefficient (Wildman–Crippen LogP) is 4.39. The van der Waals surface area contributed by atoms with E-state index < -0.39 is 0 Å². The minimum atomic E-state index is 0.502. The molecule has 3 rings (SSSR count). The van der Waals surface area contributed by atoms with Gasteiger partial charge in [-0.3, -0.25) is 0 Å². The van der Waals surface area contributed by atoms with Crippen molar-refractivity contribution in [2.24, 2.45) is 0 Å². The molecule has 1 unspecified atom stereocenters. The second-order valence-corrected chi connectivity index (χ2v) is 6.90. The van der Waals surface area contributed by atoms with Gasteiger partial charge in [-0.2, -0.15) is 11.8 Å². The number of fused-ring (bicyclic) bond motifs is 1. The van der Waals surface area contributed by atoms with E-state index >= 15 is 0 Å². The van der Waals surface area contributed by atoms with Crippen molar-refractivity contribution in [2.45, 2.75) is 31.7 Å². The fourth-order valence-corrected chi connectivity index (χ4v) is 4.66. The van der Waals surface area contributed by atoms with Crippen LogP contribution in [0.15, 0.2) is 35.7 Å². The molecule has 1 aromatic carbocycles. The standard InChI is InChI=1S/C16H19NS2/c1-2-12-7-8-19-16(12)9-17-15-11-18-10-13-5-3-4-6-14(13)15/h3-8,15,17H,2,9-11H2,1H3. The largest absolute Gasteiger partial charge is 0.304 e. The van der Waals surface area contributed by atoms with Crippen LogP contribution in [0.25, 0.3) is 0 Å². The third kappa shape index (κ3) is 2.88. The van der Waals surface area contributed by atoms with E-state index in [2.05, 4.69) is 48.0 Å². The molecular weight excluding hydrogens is 270 g/mol. The molecule has 0 saturated carbocycles. The van der Waals surface area contributed by atoms with Gasteiger partial charge in [-0.1, -0.05) is 31.2 Å². The maximum absolute atomic E-state index is 3.74. The Morgan fingerprint density at radius 2 is 2.16 bits per heavy atom. The lowest BCUT2D eigenvalue weighted by Crippen LogP contribution is -2.26. The van der Waals surface area contributed by atoms with Gasteiger partial charge in [0, 0.05) is 29.0 Å². The molecule has 1 aliphatic heterocycles. The zero-order valence-corrected chi connectivity index (χ0v) is 12.8. The van der Waals surface area contributed by atoms with E-state index in [-0.39, 0.29) is 0 Å². The Morgan fingerprint density at radius 1 is 1.26 bits per heavy atom. The molecule has 2 aromatic rings. The molecule has 0 saturated heterocycles. The minimum Gasteiger partial charge on any atom is -0.304 e. The molecule has 1 atom stereocenters. The van der Waals surface area contributed by atoms with Gasteiger partial charge >= 0.3 is 0 Å². The van der Waals surface area contributed by atoms with Crippen molar-refractivity contribution in [3.63, 3.8) is 0 Å². The molecule has 1 aromatic heterocycles. The molecule has 1 N–H and O–H groups in total. The first kappa shape index (κ1) is 13.2. The van der Waals surface area contributed by atoms with Gasteiger partial charge in [-0.25, -0.2) is 0 Å². The van der Waals surface area contributed by atoms with Crippen LogP contribution in [0.4, 0.5) is 0 Å². The molecule has 0 amide bonds. The van der Waals surface area contributed by atoms with Crippen molar-refractivity contribution in [1.29, 1.82) is 0 Å². The second kappa shape index (κ2) is 6.12. The van der Waals surface area contributed by atoms with Crippen LogP contribution in [0.1, 0.15) is 34.5 Å². The average molecular weight is 289 g/mol. The number of thiophene rings is 1. The SMILES string of the molecule is CCc1ccsc1CNC1CSCc2ccccc21. The van der Waals surface area contributed by atoms with Crippen molar-refractivity contribution >= 4 is 23.1 Å². The molecule has 1 nitrogen and oxygen atoms in total. The first-order chi connectivity index (χ1) is 9.38. The number of thioether (sulfide) groups is 1. The summed E-state index contributed by atoms with van der Waals surface area (Å²) in [4.78, 5) is 1.50. The normalized spacial score (nSPS) is 18.3. The number of aryl methyl sites for hydroxylation is 1. The monoisotopic (exact) mass is 289 g/mol. The minimum absolute atomic E-state index is 0.502. The van der Waals surface area contributed by atoms with Gasteiger partial charge in [0.2, 0.25) is 0 Å². The van der Waals surface area contributed by atoms with Crippen LogP contribution in [-0.2, 0) is 18.7 Å². The summed E-state index contributed by atoms with van der Waals surface area (Å²) in [6.45, 7) is 3.23. The molecule has 19 heavy (non-hydrogen) atoms. The van der Waals surface area contributed by atoms with E-state index in [1.165, 1.54) is 27.3 Å². The zero-order chi connectivity index (χ0) is 13.1. The molecule has 2 heterocycles. The van der Waals surface area contributed by atoms with Gasteiger partial charge in [-0.15, -0.1) is 11.3 Å². The molecule has 3 heteroatoms. The van der Waals surface area contributed by atoms with Crippen LogP contribution in [0, 0.1) is 0 Å². The number of benzene rings is 1. The van der Waals surface area contributed by atoms with E-state index in [1.807, 2.05) is 23.1 Å². The van der Waals surface area contributed by atoms with Crippen LogP contribution < -0.4 is 5.32 Å². The Labute approximate surface area is 123 Å². The number of nitrogens with one attached hydrogen (secondary N) is 1. The van der Waals surface area contributed by atoms with Crippen LogP contribution in [0.5, 0.6) is 0 Å². The van der Waals surface area contributed by atoms with Crippen LogP contribution >= 0.6 is 23.1 Å². The van der Waals surface area contributed by atoms with Crippen LogP contribution in [0.2, 0.25) is 0 Å². The zero-order valence-electron chi connectivity index (χ0n) is 11.2. The summed E-state index contributed by atoms with van der Waals surface area (Å²) in [6, 6.07) is 11.6. The van der Waals surface area contributed by atoms with Crippen molar-refractivity contribution in [1.82, 2.24) is 5.32 Å². The van der Waals surface area contributed by atoms with E-state index in [4.69, 9.17) is 0 Å². The Kier molecular flexibility index (Phi) is 4.26. The quantitative estimate of drug-likeness (QED) is 0.896. The predicted molar refractivity (Wildman–Crippen MR) is 85.9 cm³/mol. The fourth-order valence-electron chi connectivity index (χ4n) is 2.60. The lowest BCUT2D eigenvalue weighted by atomic mass is 10.0. The van der Waals surface area contributed by atoms with Gasteiger partial charge in [0.05, 0.1) is 0 Å². The summed E-state index contributed by atoms with van der Waals surface area (Å²) >= 11 is 3.91. The average Bonchev–Trinajstić information content (AvgIpc) is 2.92. The van der Waals surface area contributed by atoms with Crippen LogP contribution in [-0.4, -0.2) is 5.75 Å². The van der Waals surface area contributed by atoms with Crippen molar-refractivity contribution in [3.8, 4) is 0 Å².